The van der Waals surface area contributed by atoms with Crippen LogP contribution in [0.25, 0.3) is 0 Å². The van der Waals surface area contributed by atoms with Gasteiger partial charge in [0.15, 0.2) is 11.5 Å². The molecule has 2 N–H and O–H groups in total. The first-order valence-corrected chi connectivity index (χ1v) is 10.5. The fraction of sp³-hybridized carbons (Fsp3) is 0.524. The highest BCUT2D eigenvalue weighted by Gasteiger charge is 2.35. The Hall–Kier alpha value is -1.96. The molecular formula is C21H27Cl2NO6. The second kappa shape index (κ2) is 11.4. The molecule has 7 nitrogen and oxygen atoms in total. The van der Waals surface area contributed by atoms with Crippen LogP contribution in [0, 0.1) is 5.92 Å². The van der Waals surface area contributed by atoms with Gasteiger partial charge in [0.2, 0.25) is 0 Å². The smallest absolute Gasteiger partial charge is 0.328 e. The van der Waals surface area contributed by atoms with Gasteiger partial charge in [0.25, 0.3) is 0 Å². The molecule has 0 spiro atoms. The van der Waals surface area contributed by atoms with Gasteiger partial charge in [-0.2, -0.15) is 0 Å². The third kappa shape index (κ3) is 7.70. The molecule has 2 aliphatic rings. The number of hydrogen-bond acceptors (Lipinski definition) is 5. The molecule has 9 heteroatoms. The van der Waals surface area contributed by atoms with E-state index in [1.165, 1.54) is 38.8 Å². The largest absolute Gasteiger partial charge is 0.491 e. The van der Waals surface area contributed by atoms with E-state index in [-0.39, 0.29) is 6.10 Å². The highest BCUT2D eigenvalue weighted by Crippen LogP contribution is 2.39. The molecule has 1 aliphatic carbocycles. The molecule has 3 rings (SSSR count). The molecule has 30 heavy (non-hydrogen) atoms. The lowest BCUT2D eigenvalue weighted by Crippen LogP contribution is -2.41. The quantitative estimate of drug-likeness (QED) is 0.557. The number of hydrogen-bond donors (Lipinski definition) is 2. The molecular weight excluding hydrogens is 433 g/mol. The highest BCUT2D eigenvalue weighted by atomic mass is 35.5. The van der Waals surface area contributed by atoms with Gasteiger partial charge < -0.3 is 19.7 Å². The van der Waals surface area contributed by atoms with Gasteiger partial charge in [0.1, 0.15) is 6.10 Å². The summed E-state index contributed by atoms with van der Waals surface area (Å²) < 4.78 is 11.5. The number of benzene rings is 1. The predicted octanol–water partition coefficient (Wildman–Crippen LogP) is 4.36. The van der Waals surface area contributed by atoms with Crippen molar-refractivity contribution in [3.63, 3.8) is 0 Å². The van der Waals surface area contributed by atoms with Crippen LogP contribution in [0.15, 0.2) is 24.3 Å². The molecule has 0 aromatic heterocycles. The van der Waals surface area contributed by atoms with E-state index < -0.39 is 11.9 Å². The SMILES string of the molecule is COc1c(Cl)cc(Cl)cc1OC(C)C1CCCN1CC1CC1.O=C(O)/C=C/C(=O)O. The topological polar surface area (TPSA) is 96.3 Å². The normalized spacial score (nSPS) is 19.8. The Balaban J connectivity index is 0.000000343. The first-order valence-electron chi connectivity index (χ1n) is 9.79. The highest BCUT2D eigenvalue weighted by molar-refractivity contribution is 6.35. The van der Waals surface area contributed by atoms with Crippen molar-refractivity contribution in [1.29, 1.82) is 0 Å². The number of carboxylic acid groups (broad SMARTS) is 2. The van der Waals surface area contributed by atoms with Crippen LogP contribution in [0.1, 0.15) is 32.6 Å². The average Bonchev–Trinajstić information content (AvgIpc) is 3.35. The number of likely N-dealkylation sites (tertiary alicyclic amines) is 1. The molecule has 166 valence electrons. The third-order valence-electron chi connectivity index (χ3n) is 5.01. The van der Waals surface area contributed by atoms with Crippen LogP contribution >= 0.6 is 23.2 Å². The lowest BCUT2D eigenvalue weighted by Gasteiger charge is -2.30. The van der Waals surface area contributed by atoms with E-state index in [2.05, 4.69) is 11.8 Å². The van der Waals surface area contributed by atoms with Crippen molar-refractivity contribution < 1.29 is 29.3 Å². The number of carbonyl (C=O) groups is 2. The summed E-state index contributed by atoms with van der Waals surface area (Å²) in [6.07, 6.45) is 6.41. The van der Waals surface area contributed by atoms with Crippen LogP contribution in [-0.4, -0.2) is 59.4 Å². The summed E-state index contributed by atoms with van der Waals surface area (Å²) in [6, 6.07) is 3.92. The van der Waals surface area contributed by atoms with Crippen molar-refractivity contribution >= 4 is 35.1 Å². The van der Waals surface area contributed by atoms with E-state index in [1.807, 2.05) is 0 Å². The van der Waals surface area contributed by atoms with Gasteiger partial charge in [0.05, 0.1) is 12.1 Å². The first kappa shape index (κ1) is 24.3. The van der Waals surface area contributed by atoms with Gasteiger partial charge >= 0.3 is 11.9 Å². The monoisotopic (exact) mass is 459 g/mol. The minimum Gasteiger partial charge on any atom is -0.491 e. The maximum absolute atomic E-state index is 9.55. The van der Waals surface area contributed by atoms with Gasteiger partial charge in [-0.25, -0.2) is 9.59 Å². The van der Waals surface area contributed by atoms with E-state index in [1.54, 1.807) is 19.2 Å². The number of aliphatic carboxylic acids is 2. The third-order valence-corrected chi connectivity index (χ3v) is 5.50. The summed E-state index contributed by atoms with van der Waals surface area (Å²) in [4.78, 5) is 21.7. The molecule has 1 aromatic carbocycles. The van der Waals surface area contributed by atoms with Gasteiger partial charge in [-0.1, -0.05) is 23.2 Å². The molecule has 1 heterocycles. The Morgan fingerprint density at radius 1 is 1.20 bits per heavy atom. The van der Waals surface area contributed by atoms with Crippen LogP contribution in [-0.2, 0) is 9.59 Å². The van der Waals surface area contributed by atoms with Crippen molar-refractivity contribution in [1.82, 2.24) is 4.90 Å². The number of rotatable bonds is 8. The predicted molar refractivity (Wildman–Crippen MR) is 115 cm³/mol. The van der Waals surface area contributed by atoms with Crippen molar-refractivity contribution in [3.05, 3.63) is 34.3 Å². The van der Waals surface area contributed by atoms with Gasteiger partial charge in [-0.3, -0.25) is 4.90 Å². The van der Waals surface area contributed by atoms with Crippen LogP contribution in [0.3, 0.4) is 0 Å². The number of methoxy groups -OCH3 is 1. The Bertz CT molecular complexity index is 765. The average molecular weight is 460 g/mol. The van der Waals surface area contributed by atoms with Crippen molar-refractivity contribution in [2.75, 3.05) is 20.2 Å². The van der Waals surface area contributed by atoms with Crippen LogP contribution < -0.4 is 9.47 Å². The molecule has 0 bridgehead atoms. The molecule has 1 aromatic rings. The zero-order valence-electron chi connectivity index (χ0n) is 17.0. The Labute approximate surface area is 186 Å². The van der Waals surface area contributed by atoms with Crippen LogP contribution in [0.2, 0.25) is 10.0 Å². The van der Waals surface area contributed by atoms with E-state index in [4.69, 9.17) is 42.9 Å². The lowest BCUT2D eigenvalue weighted by molar-refractivity contribution is -0.134. The van der Waals surface area contributed by atoms with Crippen molar-refractivity contribution in [3.8, 4) is 11.5 Å². The summed E-state index contributed by atoms with van der Waals surface area (Å²) in [6.45, 7) is 4.53. The van der Waals surface area contributed by atoms with E-state index in [0.717, 1.165) is 5.92 Å². The molecule has 2 atom stereocenters. The fourth-order valence-electron chi connectivity index (χ4n) is 3.49. The van der Waals surface area contributed by atoms with Gasteiger partial charge in [-0.15, -0.1) is 0 Å². The number of nitrogens with zero attached hydrogens (tertiary/aromatic N) is 1. The van der Waals surface area contributed by atoms with Crippen LogP contribution in [0.4, 0.5) is 0 Å². The van der Waals surface area contributed by atoms with Crippen LogP contribution in [0.5, 0.6) is 11.5 Å². The van der Waals surface area contributed by atoms with E-state index in [9.17, 15) is 9.59 Å². The van der Waals surface area contributed by atoms with E-state index in [0.29, 0.717) is 39.7 Å². The second-order valence-corrected chi connectivity index (χ2v) is 8.24. The number of carboxylic acids is 2. The number of ether oxygens (including phenoxy) is 2. The maximum atomic E-state index is 9.55. The summed E-state index contributed by atoms with van der Waals surface area (Å²) >= 11 is 12.3. The zero-order valence-corrected chi connectivity index (χ0v) is 18.5. The zero-order chi connectivity index (χ0) is 22.3. The number of halogens is 2. The first-order chi connectivity index (χ1) is 14.2. The minimum absolute atomic E-state index is 0.0877. The summed E-state index contributed by atoms with van der Waals surface area (Å²) in [5.74, 6) is -0.418. The van der Waals surface area contributed by atoms with Crippen molar-refractivity contribution in [2.45, 2.75) is 44.8 Å². The maximum Gasteiger partial charge on any atom is 0.328 e. The second-order valence-electron chi connectivity index (χ2n) is 7.40. The summed E-state index contributed by atoms with van der Waals surface area (Å²) in [5.41, 5.74) is 0. The summed E-state index contributed by atoms with van der Waals surface area (Å²) in [7, 11) is 1.60. The molecule has 0 amide bonds. The standard InChI is InChI=1S/C17H23Cl2NO2.C4H4O4/c1-11(15-4-3-7-20(15)10-12-5-6-12)22-16-9-13(18)8-14(19)17(16)21-2;5-3(6)1-2-4(7)8/h8-9,11-12,15H,3-7,10H2,1-2H3;1-2H,(H,5,6)(H,7,8)/b;2-1+. The molecule has 0 radical (unpaired) electrons. The molecule has 1 saturated carbocycles. The van der Waals surface area contributed by atoms with Gasteiger partial charge in [-0.05, 0) is 51.1 Å². The van der Waals surface area contributed by atoms with Crippen molar-refractivity contribution in [2.24, 2.45) is 5.92 Å². The Kier molecular flexibility index (Phi) is 9.27. The molecule has 2 unspecified atom stereocenters. The molecule has 1 aliphatic heterocycles. The Morgan fingerprint density at radius 3 is 2.37 bits per heavy atom. The molecule has 2 fully saturated rings. The van der Waals surface area contributed by atoms with E-state index >= 15 is 0 Å². The van der Waals surface area contributed by atoms with Gasteiger partial charge in [0, 0.05) is 35.8 Å². The Morgan fingerprint density at radius 2 is 1.83 bits per heavy atom. The minimum atomic E-state index is -1.26. The summed E-state index contributed by atoms with van der Waals surface area (Å²) in [5, 5.41) is 16.7. The fourth-order valence-corrected chi connectivity index (χ4v) is 4.04. The molecule has 1 saturated heterocycles. The lowest BCUT2D eigenvalue weighted by atomic mass is 10.1.